The fraction of sp³-hybridized carbons (Fsp3) is 0.519. The molecule has 0 aliphatic heterocycles. The van der Waals surface area contributed by atoms with E-state index in [1.807, 2.05) is 0 Å². The van der Waals surface area contributed by atoms with E-state index in [1.54, 1.807) is 0 Å². The summed E-state index contributed by atoms with van der Waals surface area (Å²) in [5.41, 5.74) is 3.83. The largest absolute Gasteiger partial charge is 0.328 e. The second kappa shape index (κ2) is 12.5. The summed E-state index contributed by atoms with van der Waals surface area (Å²) in [4.78, 5) is 4.95. The Morgan fingerprint density at radius 1 is 0.655 bits per heavy atom. The maximum absolute atomic E-state index is 4.95. The SMILES string of the molecule is CCCCCCCCCCCCn1c(CCc2ccccc2)nc2ccccc21. The highest BCUT2D eigenvalue weighted by atomic mass is 15.1. The first-order valence-corrected chi connectivity index (χ1v) is 11.9. The molecule has 0 aliphatic carbocycles. The Hall–Kier alpha value is -2.09. The molecule has 3 aromatic rings. The summed E-state index contributed by atoms with van der Waals surface area (Å²) in [6, 6.07) is 19.4. The van der Waals surface area contributed by atoms with Crippen molar-refractivity contribution in [3.8, 4) is 0 Å². The molecule has 0 saturated carbocycles. The molecule has 2 aromatic carbocycles. The van der Waals surface area contributed by atoms with Crippen LogP contribution in [0.3, 0.4) is 0 Å². The standard InChI is InChI=1S/C27H38N2/c1-2-3-4-5-6-7-8-9-10-16-23-29-26-20-15-14-19-25(26)28-27(29)22-21-24-17-12-11-13-18-24/h11-15,17-20H,2-10,16,21-23H2,1H3. The van der Waals surface area contributed by atoms with Crippen molar-refractivity contribution in [2.45, 2.75) is 90.5 Å². The van der Waals surface area contributed by atoms with E-state index in [1.165, 1.54) is 81.1 Å². The zero-order valence-corrected chi connectivity index (χ0v) is 18.3. The summed E-state index contributed by atoms with van der Waals surface area (Å²) in [6.45, 7) is 3.39. The maximum atomic E-state index is 4.95. The first-order valence-electron chi connectivity index (χ1n) is 11.9. The average molecular weight is 391 g/mol. The van der Waals surface area contributed by atoms with E-state index in [0.29, 0.717) is 0 Å². The minimum atomic E-state index is 1.01. The third-order valence-corrected chi connectivity index (χ3v) is 5.95. The quantitative estimate of drug-likeness (QED) is 0.257. The number of rotatable bonds is 14. The molecule has 0 bridgehead atoms. The van der Waals surface area contributed by atoms with Gasteiger partial charge in [0, 0.05) is 13.0 Å². The summed E-state index contributed by atoms with van der Waals surface area (Å²) < 4.78 is 2.48. The lowest BCUT2D eigenvalue weighted by molar-refractivity contribution is 0.532. The Bertz CT molecular complexity index is 819. The molecule has 0 aliphatic rings. The van der Waals surface area contributed by atoms with E-state index < -0.39 is 0 Å². The summed E-state index contributed by atoms with van der Waals surface area (Å²) in [5.74, 6) is 1.24. The number of fused-ring (bicyclic) bond motifs is 1. The molecule has 3 rings (SSSR count). The van der Waals surface area contributed by atoms with Crippen LogP contribution in [0.15, 0.2) is 54.6 Å². The number of hydrogen-bond donors (Lipinski definition) is 0. The van der Waals surface area contributed by atoms with Gasteiger partial charge in [0.05, 0.1) is 11.0 Å². The van der Waals surface area contributed by atoms with Gasteiger partial charge in [-0.05, 0) is 30.5 Å². The van der Waals surface area contributed by atoms with Crippen LogP contribution < -0.4 is 0 Å². The number of para-hydroxylation sites is 2. The van der Waals surface area contributed by atoms with Gasteiger partial charge in [0.15, 0.2) is 0 Å². The van der Waals surface area contributed by atoms with Crippen LogP contribution in [0.5, 0.6) is 0 Å². The van der Waals surface area contributed by atoms with Gasteiger partial charge >= 0.3 is 0 Å². The zero-order chi connectivity index (χ0) is 20.2. The van der Waals surface area contributed by atoms with Crippen molar-refractivity contribution in [3.05, 3.63) is 66.0 Å². The van der Waals surface area contributed by atoms with Crippen molar-refractivity contribution >= 4 is 11.0 Å². The third kappa shape index (κ3) is 7.03. The monoisotopic (exact) mass is 390 g/mol. The van der Waals surface area contributed by atoms with Crippen LogP contribution in [0, 0.1) is 0 Å². The molecule has 0 fully saturated rings. The number of benzene rings is 2. The summed E-state index contributed by atoms with van der Waals surface area (Å²) in [7, 11) is 0. The second-order valence-electron chi connectivity index (χ2n) is 8.34. The van der Waals surface area contributed by atoms with Crippen molar-refractivity contribution in [1.29, 1.82) is 0 Å². The fourth-order valence-corrected chi connectivity index (χ4v) is 4.22. The predicted molar refractivity (Wildman–Crippen MR) is 125 cm³/mol. The maximum Gasteiger partial charge on any atom is 0.110 e. The van der Waals surface area contributed by atoms with E-state index in [4.69, 9.17) is 4.98 Å². The Balaban J connectivity index is 1.46. The highest BCUT2D eigenvalue weighted by Crippen LogP contribution is 2.19. The van der Waals surface area contributed by atoms with Crippen LogP contribution in [0.25, 0.3) is 11.0 Å². The average Bonchev–Trinajstić information content (AvgIpc) is 3.12. The van der Waals surface area contributed by atoms with Crippen molar-refractivity contribution in [2.24, 2.45) is 0 Å². The topological polar surface area (TPSA) is 17.8 Å². The van der Waals surface area contributed by atoms with Crippen molar-refractivity contribution < 1.29 is 0 Å². The summed E-state index contributed by atoms with van der Waals surface area (Å²) >= 11 is 0. The molecule has 29 heavy (non-hydrogen) atoms. The summed E-state index contributed by atoms with van der Waals surface area (Å²) in [6.07, 6.45) is 15.9. The fourth-order valence-electron chi connectivity index (χ4n) is 4.22. The van der Waals surface area contributed by atoms with E-state index in [0.717, 1.165) is 24.9 Å². The van der Waals surface area contributed by atoms with Crippen LogP contribution in [0.4, 0.5) is 0 Å². The number of imidazole rings is 1. The van der Waals surface area contributed by atoms with Gasteiger partial charge in [-0.25, -0.2) is 4.98 Å². The second-order valence-corrected chi connectivity index (χ2v) is 8.34. The molecule has 2 nitrogen and oxygen atoms in total. The van der Waals surface area contributed by atoms with E-state index in [9.17, 15) is 0 Å². The van der Waals surface area contributed by atoms with Crippen LogP contribution in [-0.4, -0.2) is 9.55 Å². The van der Waals surface area contributed by atoms with Gasteiger partial charge in [0.25, 0.3) is 0 Å². The molecule has 0 radical (unpaired) electrons. The lowest BCUT2D eigenvalue weighted by Crippen LogP contribution is -2.06. The normalized spacial score (nSPS) is 11.3. The van der Waals surface area contributed by atoms with Crippen LogP contribution in [-0.2, 0) is 19.4 Å². The van der Waals surface area contributed by atoms with Gasteiger partial charge in [-0.1, -0.05) is 107 Å². The number of aryl methyl sites for hydroxylation is 3. The van der Waals surface area contributed by atoms with Crippen molar-refractivity contribution in [3.63, 3.8) is 0 Å². The number of hydrogen-bond acceptors (Lipinski definition) is 1. The Morgan fingerprint density at radius 2 is 1.28 bits per heavy atom. The molecule has 0 unspecified atom stereocenters. The molecule has 1 aromatic heterocycles. The number of nitrogens with zero attached hydrogens (tertiary/aromatic N) is 2. The number of unbranched alkanes of at least 4 members (excludes halogenated alkanes) is 9. The molecule has 2 heteroatoms. The first kappa shape index (κ1) is 21.6. The van der Waals surface area contributed by atoms with Crippen LogP contribution in [0.1, 0.15) is 82.5 Å². The molecular formula is C27H38N2. The Morgan fingerprint density at radius 3 is 2.00 bits per heavy atom. The van der Waals surface area contributed by atoms with E-state index >= 15 is 0 Å². The molecule has 0 saturated heterocycles. The van der Waals surface area contributed by atoms with Gasteiger partial charge in [0.2, 0.25) is 0 Å². The van der Waals surface area contributed by atoms with Crippen LogP contribution >= 0.6 is 0 Å². The van der Waals surface area contributed by atoms with Crippen LogP contribution in [0.2, 0.25) is 0 Å². The van der Waals surface area contributed by atoms with Gasteiger partial charge < -0.3 is 4.57 Å². The molecule has 0 amide bonds. The molecule has 0 spiro atoms. The number of aromatic nitrogens is 2. The third-order valence-electron chi connectivity index (χ3n) is 5.95. The van der Waals surface area contributed by atoms with Gasteiger partial charge in [-0.15, -0.1) is 0 Å². The van der Waals surface area contributed by atoms with E-state index in [2.05, 4.69) is 66.1 Å². The first-order chi connectivity index (χ1) is 14.4. The lowest BCUT2D eigenvalue weighted by Gasteiger charge is -2.10. The molecule has 156 valence electrons. The molecular weight excluding hydrogens is 352 g/mol. The Kier molecular flexibility index (Phi) is 9.29. The van der Waals surface area contributed by atoms with E-state index in [-0.39, 0.29) is 0 Å². The van der Waals surface area contributed by atoms with Gasteiger partial charge in [0.1, 0.15) is 5.82 Å². The van der Waals surface area contributed by atoms with Gasteiger partial charge in [-0.3, -0.25) is 0 Å². The smallest absolute Gasteiger partial charge is 0.110 e. The minimum absolute atomic E-state index is 1.01. The minimum Gasteiger partial charge on any atom is -0.328 e. The van der Waals surface area contributed by atoms with Crippen molar-refractivity contribution in [2.75, 3.05) is 0 Å². The molecule has 0 N–H and O–H groups in total. The molecule has 1 heterocycles. The van der Waals surface area contributed by atoms with Crippen molar-refractivity contribution in [1.82, 2.24) is 9.55 Å². The highest BCUT2D eigenvalue weighted by molar-refractivity contribution is 5.75. The predicted octanol–water partition coefficient (Wildman–Crippen LogP) is 7.74. The van der Waals surface area contributed by atoms with Gasteiger partial charge in [-0.2, -0.15) is 0 Å². The summed E-state index contributed by atoms with van der Waals surface area (Å²) in [5, 5.41) is 0. The molecule has 0 atom stereocenters. The zero-order valence-electron chi connectivity index (χ0n) is 18.3. The lowest BCUT2D eigenvalue weighted by atomic mass is 10.1. The Labute approximate surface area is 177 Å². The highest BCUT2D eigenvalue weighted by Gasteiger charge is 2.10.